The summed E-state index contributed by atoms with van der Waals surface area (Å²) >= 11 is 0. The van der Waals surface area contributed by atoms with E-state index in [4.69, 9.17) is 9.47 Å². The van der Waals surface area contributed by atoms with Crippen molar-refractivity contribution in [3.05, 3.63) is 18.2 Å². The molecule has 0 saturated heterocycles. The molecule has 0 unspecified atom stereocenters. The van der Waals surface area contributed by atoms with Crippen molar-refractivity contribution in [2.45, 2.75) is 39.0 Å². The van der Waals surface area contributed by atoms with E-state index in [1.807, 2.05) is 18.2 Å². The van der Waals surface area contributed by atoms with Crippen LogP contribution in [0.4, 0.5) is 5.69 Å². The number of benzene rings is 1. The summed E-state index contributed by atoms with van der Waals surface area (Å²) in [6.07, 6.45) is 5.12. The summed E-state index contributed by atoms with van der Waals surface area (Å²) in [6.45, 7) is 3.39. The first-order valence-electron chi connectivity index (χ1n) is 7.38. The summed E-state index contributed by atoms with van der Waals surface area (Å²) < 4.78 is 11.2. The second-order valence-corrected chi connectivity index (χ2v) is 5.93. The van der Waals surface area contributed by atoms with Crippen molar-refractivity contribution in [3.63, 3.8) is 0 Å². The lowest BCUT2D eigenvalue weighted by Gasteiger charge is -2.22. The number of nitrogens with one attached hydrogen (secondary N) is 1. The number of anilines is 1. The van der Waals surface area contributed by atoms with Crippen LogP contribution in [0.2, 0.25) is 0 Å². The summed E-state index contributed by atoms with van der Waals surface area (Å²) in [4.78, 5) is 12.4. The van der Waals surface area contributed by atoms with Gasteiger partial charge in [0.25, 0.3) is 0 Å². The molecule has 1 aromatic rings. The first-order chi connectivity index (χ1) is 9.67. The average Bonchev–Trinajstić information content (AvgIpc) is 2.76. The normalized spacial score (nSPS) is 20.2. The van der Waals surface area contributed by atoms with Crippen LogP contribution in [0.3, 0.4) is 0 Å². The van der Waals surface area contributed by atoms with E-state index in [0.717, 1.165) is 49.3 Å². The number of carbonyl (C=O) groups excluding carboxylic acids is 1. The van der Waals surface area contributed by atoms with Gasteiger partial charge in [0, 0.05) is 23.6 Å². The zero-order chi connectivity index (χ0) is 14.0. The first-order valence-corrected chi connectivity index (χ1v) is 7.38. The van der Waals surface area contributed by atoms with E-state index in [-0.39, 0.29) is 11.3 Å². The van der Waals surface area contributed by atoms with E-state index < -0.39 is 0 Å². The summed E-state index contributed by atoms with van der Waals surface area (Å²) in [6, 6.07) is 5.60. The molecule has 3 rings (SSSR count). The number of fused-ring (bicyclic) bond motifs is 1. The van der Waals surface area contributed by atoms with E-state index >= 15 is 0 Å². The van der Waals surface area contributed by atoms with Crippen molar-refractivity contribution in [1.82, 2.24) is 0 Å². The van der Waals surface area contributed by atoms with Crippen LogP contribution in [0.15, 0.2) is 18.2 Å². The van der Waals surface area contributed by atoms with Crippen molar-refractivity contribution in [3.8, 4) is 11.5 Å². The van der Waals surface area contributed by atoms with E-state index in [0.29, 0.717) is 13.2 Å². The van der Waals surface area contributed by atoms with Crippen LogP contribution in [0, 0.1) is 5.41 Å². The molecule has 4 nitrogen and oxygen atoms in total. The zero-order valence-corrected chi connectivity index (χ0v) is 11.9. The van der Waals surface area contributed by atoms with Crippen molar-refractivity contribution in [1.29, 1.82) is 0 Å². The van der Waals surface area contributed by atoms with Crippen LogP contribution in [0.1, 0.15) is 39.0 Å². The maximum atomic E-state index is 12.4. The summed E-state index contributed by atoms with van der Waals surface area (Å²) in [7, 11) is 0. The van der Waals surface area contributed by atoms with E-state index in [1.54, 1.807) is 0 Å². The van der Waals surface area contributed by atoms with Gasteiger partial charge in [0.05, 0.1) is 13.2 Å². The molecule has 4 heteroatoms. The van der Waals surface area contributed by atoms with Gasteiger partial charge in [0.15, 0.2) is 11.5 Å². The number of ether oxygens (including phenoxy) is 2. The van der Waals surface area contributed by atoms with Crippen molar-refractivity contribution in [2.24, 2.45) is 5.41 Å². The number of hydrogen-bond acceptors (Lipinski definition) is 3. The van der Waals surface area contributed by atoms with Crippen LogP contribution in [-0.4, -0.2) is 19.1 Å². The van der Waals surface area contributed by atoms with Gasteiger partial charge in [0.1, 0.15) is 0 Å². The average molecular weight is 275 g/mol. The first kappa shape index (κ1) is 13.3. The second-order valence-electron chi connectivity index (χ2n) is 5.93. The maximum absolute atomic E-state index is 12.4. The summed E-state index contributed by atoms with van der Waals surface area (Å²) in [5, 5.41) is 3.02. The molecule has 1 N–H and O–H groups in total. The standard InChI is InChI=1S/C16H21NO3/c1-16(7-2-3-8-16)15(18)17-12-5-6-13-14(11-12)20-10-4-9-19-13/h5-6,11H,2-4,7-10H2,1H3,(H,17,18). The van der Waals surface area contributed by atoms with Gasteiger partial charge in [-0.3, -0.25) is 4.79 Å². The van der Waals surface area contributed by atoms with Gasteiger partial charge in [-0.1, -0.05) is 19.8 Å². The van der Waals surface area contributed by atoms with Crippen LogP contribution in [0.25, 0.3) is 0 Å². The van der Waals surface area contributed by atoms with Crippen LogP contribution in [-0.2, 0) is 4.79 Å². The Morgan fingerprint density at radius 1 is 1.10 bits per heavy atom. The minimum Gasteiger partial charge on any atom is -0.490 e. The maximum Gasteiger partial charge on any atom is 0.230 e. The molecule has 0 radical (unpaired) electrons. The van der Waals surface area contributed by atoms with Crippen LogP contribution in [0.5, 0.6) is 11.5 Å². The Bertz CT molecular complexity index is 506. The fraction of sp³-hybridized carbons (Fsp3) is 0.562. The molecule has 0 spiro atoms. The predicted octanol–water partition coefficient (Wildman–Crippen LogP) is 3.37. The molecular formula is C16H21NO3. The third-order valence-electron chi connectivity index (χ3n) is 4.26. The Labute approximate surface area is 119 Å². The Morgan fingerprint density at radius 2 is 1.80 bits per heavy atom. The van der Waals surface area contributed by atoms with Gasteiger partial charge in [0.2, 0.25) is 5.91 Å². The molecule has 1 heterocycles. The van der Waals surface area contributed by atoms with Gasteiger partial charge in [-0.05, 0) is 25.0 Å². The molecule has 1 saturated carbocycles. The molecule has 2 aliphatic rings. The molecule has 1 fully saturated rings. The van der Waals surface area contributed by atoms with E-state index in [2.05, 4.69) is 12.2 Å². The minimum absolute atomic E-state index is 0.115. The highest BCUT2D eigenvalue weighted by Crippen LogP contribution is 2.39. The second kappa shape index (κ2) is 5.35. The zero-order valence-electron chi connectivity index (χ0n) is 11.9. The fourth-order valence-corrected chi connectivity index (χ4v) is 2.91. The Balaban J connectivity index is 1.74. The summed E-state index contributed by atoms with van der Waals surface area (Å²) in [5.41, 5.74) is 0.567. The largest absolute Gasteiger partial charge is 0.490 e. The number of rotatable bonds is 2. The Morgan fingerprint density at radius 3 is 2.55 bits per heavy atom. The highest BCUT2D eigenvalue weighted by Gasteiger charge is 2.36. The van der Waals surface area contributed by atoms with Crippen molar-refractivity contribution < 1.29 is 14.3 Å². The van der Waals surface area contributed by atoms with Crippen LogP contribution < -0.4 is 14.8 Å². The van der Waals surface area contributed by atoms with E-state index in [1.165, 1.54) is 0 Å². The monoisotopic (exact) mass is 275 g/mol. The Hall–Kier alpha value is -1.71. The van der Waals surface area contributed by atoms with Gasteiger partial charge in [-0.2, -0.15) is 0 Å². The molecule has 108 valence electrons. The summed E-state index contributed by atoms with van der Waals surface area (Å²) in [5.74, 6) is 1.59. The molecule has 0 bridgehead atoms. The molecule has 0 atom stereocenters. The highest BCUT2D eigenvalue weighted by molar-refractivity contribution is 5.95. The van der Waals surface area contributed by atoms with Crippen molar-refractivity contribution >= 4 is 11.6 Å². The fourth-order valence-electron chi connectivity index (χ4n) is 2.91. The molecule has 1 aliphatic heterocycles. The lowest BCUT2D eigenvalue weighted by atomic mass is 9.88. The highest BCUT2D eigenvalue weighted by atomic mass is 16.5. The third-order valence-corrected chi connectivity index (χ3v) is 4.26. The number of carbonyl (C=O) groups is 1. The quantitative estimate of drug-likeness (QED) is 0.900. The predicted molar refractivity (Wildman–Crippen MR) is 77.3 cm³/mol. The topological polar surface area (TPSA) is 47.6 Å². The molecule has 1 amide bonds. The lowest BCUT2D eigenvalue weighted by Crippen LogP contribution is -2.30. The van der Waals surface area contributed by atoms with Gasteiger partial charge in [-0.25, -0.2) is 0 Å². The number of amides is 1. The van der Waals surface area contributed by atoms with Crippen molar-refractivity contribution in [2.75, 3.05) is 18.5 Å². The van der Waals surface area contributed by atoms with Gasteiger partial charge < -0.3 is 14.8 Å². The Kier molecular flexibility index (Phi) is 3.55. The van der Waals surface area contributed by atoms with Gasteiger partial charge >= 0.3 is 0 Å². The number of hydrogen-bond donors (Lipinski definition) is 1. The van der Waals surface area contributed by atoms with Crippen LogP contribution >= 0.6 is 0 Å². The smallest absolute Gasteiger partial charge is 0.230 e. The van der Waals surface area contributed by atoms with Gasteiger partial charge in [-0.15, -0.1) is 0 Å². The third kappa shape index (κ3) is 2.60. The SMILES string of the molecule is CC1(C(=O)Nc2ccc3c(c2)OCCCO3)CCCC1. The molecule has 1 aromatic carbocycles. The molecule has 1 aliphatic carbocycles. The molecular weight excluding hydrogens is 254 g/mol. The molecule has 0 aromatic heterocycles. The van der Waals surface area contributed by atoms with E-state index in [9.17, 15) is 4.79 Å². The minimum atomic E-state index is -0.218. The lowest BCUT2D eigenvalue weighted by molar-refractivity contribution is -0.124. The molecule has 20 heavy (non-hydrogen) atoms.